The van der Waals surface area contributed by atoms with E-state index in [9.17, 15) is 18.8 Å². The van der Waals surface area contributed by atoms with Gasteiger partial charge in [-0.2, -0.15) is 0 Å². The SMILES string of the molecule is COC(=O)[C@@H](NC(=O)C[C@@H]1CCC(=O)N1Cc1cccc(Cl)c1F)C1CC1. The van der Waals surface area contributed by atoms with E-state index < -0.39 is 17.8 Å². The highest BCUT2D eigenvalue weighted by Gasteiger charge is 2.39. The zero-order valence-electron chi connectivity index (χ0n) is 15.0. The van der Waals surface area contributed by atoms with Crippen LogP contribution in [0.4, 0.5) is 4.39 Å². The average molecular weight is 397 g/mol. The quantitative estimate of drug-likeness (QED) is 0.718. The summed E-state index contributed by atoms with van der Waals surface area (Å²) in [5.74, 6) is -1.33. The van der Waals surface area contributed by atoms with Crippen molar-refractivity contribution in [2.75, 3.05) is 7.11 Å². The summed E-state index contributed by atoms with van der Waals surface area (Å²) in [4.78, 5) is 38.0. The molecule has 3 rings (SSSR count). The van der Waals surface area contributed by atoms with E-state index in [0.717, 1.165) is 12.8 Å². The lowest BCUT2D eigenvalue weighted by Gasteiger charge is -2.25. The molecule has 27 heavy (non-hydrogen) atoms. The van der Waals surface area contributed by atoms with Gasteiger partial charge in [-0.15, -0.1) is 0 Å². The van der Waals surface area contributed by atoms with Crippen molar-refractivity contribution >= 4 is 29.4 Å². The second-order valence-electron chi connectivity index (χ2n) is 7.04. The molecule has 1 aromatic carbocycles. The number of halogens is 2. The number of amides is 2. The molecule has 0 aromatic heterocycles. The number of methoxy groups -OCH3 is 1. The van der Waals surface area contributed by atoms with E-state index in [4.69, 9.17) is 16.3 Å². The van der Waals surface area contributed by atoms with Gasteiger partial charge in [-0.05, 0) is 31.2 Å². The van der Waals surface area contributed by atoms with Gasteiger partial charge in [-0.3, -0.25) is 9.59 Å². The summed E-state index contributed by atoms with van der Waals surface area (Å²) >= 11 is 5.81. The predicted octanol–water partition coefficient (Wildman–Crippen LogP) is 2.43. The summed E-state index contributed by atoms with van der Waals surface area (Å²) in [6.45, 7) is 0.0617. The molecule has 146 valence electrons. The Morgan fingerprint density at radius 1 is 1.37 bits per heavy atom. The molecule has 6 nitrogen and oxygen atoms in total. The third kappa shape index (κ3) is 4.58. The molecule has 1 aliphatic carbocycles. The van der Waals surface area contributed by atoms with Crippen molar-refractivity contribution in [3.8, 4) is 0 Å². The molecule has 1 saturated carbocycles. The van der Waals surface area contributed by atoms with Gasteiger partial charge in [0.25, 0.3) is 0 Å². The minimum absolute atomic E-state index is 0.00112. The molecule has 0 unspecified atom stereocenters. The van der Waals surface area contributed by atoms with Crippen LogP contribution in [0.5, 0.6) is 0 Å². The highest BCUT2D eigenvalue weighted by atomic mass is 35.5. The molecule has 2 fully saturated rings. The van der Waals surface area contributed by atoms with E-state index in [1.54, 1.807) is 12.1 Å². The Morgan fingerprint density at radius 2 is 2.11 bits per heavy atom. The highest BCUT2D eigenvalue weighted by molar-refractivity contribution is 6.30. The Kier molecular flexibility index (Phi) is 5.99. The number of nitrogens with zero attached hydrogens (tertiary/aromatic N) is 1. The molecule has 1 aromatic rings. The van der Waals surface area contributed by atoms with Crippen LogP contribution >= 0.6 is 11.6 Å². The molecule has 8 heteroatoms. The van der Waals surface area contributed by atoms with Crippen LogP contribution in [-0.2, 0) is 25.7 Å². The Hall–Kier alpha value is -2.15. The summed E-state index contributed by atoms with van der Waals surface area (Å²) in [5, 5.41) is 2.73. The molecule has 1 heterocycles. The lowest BCUT2D eigenvalue weighted by atomic mass is 10.1. The number of nitrogens with one attached hydrogen (secondary N) is 1. The van der Waals surface area contributed by atoms with Crippen LogP contribution in [0.25, 0.3) is 0 Å². The first-order valence-electron chi connectivity index (χ1n) is 9.00. The maximum atomic E-state index is 14.2. The number of esters is 1. The fraction of sp³-hybridized carbons (Fsp3) is 0.526. The van der Waals surface area contributed by atoms with E-state index in [-0.39, 0.29) is 41.8 Å². The number of carbonyl (C=O) groups excluding carboxylic acids is 3. The van der Waals surface area contributed by atoms with E-state index in [0.29, 0.717) is 18.4 Å². The summed E-state index contributed by atoms with van der Waals surface area (Å²) in [7, 11) is 1.29. The Balaban J connectivity index is 1.64. The number of hydrogen-bond acceptors (Lipinski definition) is 4. The molecule has 0 spiro atoms. The number of hydrogen-bond donors (Lipinski definition) is 1. The van der Waals surface area contributed by atoms with Crippen LogP contribution in [0.15, 0.2) is 18.2 Å². The molecule has 2 aliphatic rings. The fourth-order valence-electron chi connectivity index (χ4n) is 3.45. The van der Waals surface area contributed by atoms with Crippen molar-refractivity contribution in [2.45, 2.75) is 50.7 Å². The van der Waals surface area contributed by atoms with Gasteiger partial charge in [0.2, 0.25) is 11.8 Å². The molecule has 1 aliphatic heterocycles. The Labute approximate surface area is 162 Å². The zero-order chi connectivity index (χ0) is 19.6. The molecule has 1 saturated heterocycles. The van der Waals surface area contributed by atoms with Crippen molar-refractivity contribution in [3.63, 3.8) is 0 Å². The molecule has 0 radical (unpaired) electrons. The number of rotatable bonds is 7. The van der Waals surface area contributed by atoms with Crippen LogP contribution in [0.3, 0.4) is 0 Å². The Bertz CT molecular complexity index is 753. The van der Waals surface area contributed by atoms with Crippen LogP contribution in [0.2, 0.25) is 5.02 Å². The molecular weight excluding hydrogens is 375 g/mol. The monoisotopic (exact) mass is 396 g/mol. The maximum absolute atomic E-state index is 14.2. The standard InChI is InChI=1S/C19H22ClFN2O4/c1-27-19(26)18(11-5-6-11)22-15(24)9-13-7-8-16(25)23(13)10-12-3-2-4-14(20)17(12)21/h2-4,11,13,18H,5-10H2,1H3,(H,22,24)/t13-,18-/m0/s1. The van der Waals surface area contributed by atoms with Gasteiger partial charge < -0.3 is 15.0 Å². The molecule has 1 N–H and O–H groups in total. The molecular formula is C19H22ClFN2O4. The smallest absolute Gasteiger partial charge is 0.328 e. The van der Waals surface area contributed by atoms with E-state index in [2.05, 4.69) is 5.32 Å². The van der Waals surface area contributed by atoms with Gasteiger partial charge in [0.05, 0.1) is 12.1 Å². The first-order valence-corrected chi connectivity index (χ1v) is 9.38. The summed E-state index contributed by atoms with van der Waals surface area (Å²) in [6.07, 6.45) is 2.64. The van der Waals surface area contributed by atoms with Crippen molar-refractivity contribution < 1.29 is 23.5 Å². The minimum Gasteiger partial charge on any atom is -0.467 e. The van der Waals surface area contributed by atoms with Gasteiger partial charge in [-0.1, -0.05) is 23.7 Å². The summed E-state index contributed by atoms with van der Waals surface area (Å²) in [6, 6.07) is 3.66. The maximum Gasteiger partial charge on any atom is 0.328 e. The highest BCUT2D eigenvalue weighted by Crippen LogP contribution is 2.33. The third-order valence-corrected chi connectivity index (χ3v) is 5.40. The van der Waals surface area contributed by atoms with Crippen LogP contribution in [0.1, 0.15) is 37.7 Å². The van der Waals surface area contributed by atoms with Crippen LogP contribution in [0, 0.1) is 11.7 Å². The molecule has 0 bridgehead atoms. The lowest BCUT2D eigenvalue weighted by molar-refractivity contribution is -0.146. The third-order valence-electron chi connectivity index (χ3n) is 5.11. The van der Waals surface area contributed by atoms with Crippen LogP contribution < -0.4 is 5.32 Å². The molecule has 2 amide bonds. The lowest BCUT2D eigenvalue weighted by Crippen LogP contribution is -2.45. The largest absolute Gasteiger partial charge is 0.467 e. The van der Waals surface area contributed by atoms with Gasteiger partial charge >= 0.3 is 5.97 Å². The molecule has 2 atom stereocenters. The van der Waals surface area contributed by atoms with Gasteiger partial charge in [0.15, 0.2) is 0 Å². The predicted molar refractivity (Wildman–Crippen MR) is 96.3 cm³/mol. The van der Waals surface area contributed by atoms with Crippen molar-refractivity contribution in [2.24, 2.45) is 5.92 Å². The van der Waals surface area contributed by atoms with Crippen LogP contribution in [-0.4, -0.2) is 41.9 Å². The van der Waals surface area contributed by atoms with Crippen molar-refractivity contribution in [1.82, 2.24) is 10.2 Å². The Morgan fingerprint density at radius 3 is 2.78 bits per heavy atom. The fourth-order valence-corrected chi connectivity index (χ4v) is 3.64. The van der Waals surface area contributed by atoms with Gasteiger partial charge in [-0.25, -0.2) is 9.18 Å². The first kappa shape index (κ1) is 19.6. The number of carbonyl (C=O) groups is 3. The normalized spacial score (nSPS) is 20.5. The average Bonchev–Trinajstić information content (AvgIpc) is 3.43. The number of ether oxygens (including phenoxy) is 1. The minimum atomic E-state index is -0.640. The second-order valence-corrected chi connectivity index (χ2v) is 7.44. The van der Waals surface area contributed by atoms with E-state index in [1.807, 2.05) is 0 Å². The summed E-state index contributed by atoms with van der Waals surface area (Å²) in [5.41, 5.74) is 0.313. The van der Waals surface area contributed by atoms with Gasteiger partial charge in [0.1, 0.15) is 11.9 Å². The number of likely N-dealkylation sites (tertiary alicyclic amines) is 1. The summed E-state index contributed by atoms with van der Waals surface area (Å²) < 4.78 is 18.9. The topological polar surface area (TPSA) is 75.7 Å². The zero-order valence-corrected chi connectivity index (χ0v) is 15.8. The number of benzene rings is 1. The first-order chi connectivity index (χ1) is 12.9. The van der Waals surface area contributed by atoms with E-state index in [1.165, 1.54) is 18.1 Å². The van der Waals surface area contributed by atoms with Crippen molar-refractivity contribution in [3.05, 3.63) is 34.6 Å². The van der Waals surface area contributed by atoms with E-state index >= 15 is 0 Å². The van der Waals surface area contributed by atoms with Crippen molar-refractivity contribution in [1.29, 1.82) is 0 Å². The second kappa shape index (κ2) is 8.25. The van der Waals surface area contributed by atoms with Gasteiger partial charge in [0, 0.05) is 31.0 Å².